The fourth-order valence-corrected chi connectivity index (χ4v) is 2.24. The van der Waals surface area contributed by atoms with Gasteiger partial charge in [0, 0.05) is 0 Å². The summed E-state index contributed by atoms with van der Waals surface area (Å²) < 4.78 is 5.43. The van der Waals surface area contributed by atoms with Crippen molar-refractivity contribution in [3.05, 3.63) is 30.1 Å². The zero-order chi connectivity index (χ0) is 14.4. The van der Waals surface area contributed by atoms with E-state index in [4.69, 9.17) is 4.74 Å². The average molecular weight is 274 g/mol. The highest BCUT2D eigenvalue weighted by molar-refractivity contribution is 5.93. The molecule has 0 radical (unpaired) electrons. The number of carbonyl (C=O) groups excluding carboxylic acids is 1. The van der Waals surface area contributed by atoms with Gasteiger partial charge in [-0.25, -0.2) is 9.78 Å². The number of imidazole rings is 1. The van der Waals surface area contributed by atoms with Crippen molar-refractivity contribution in [3.63, 3.8) is 0 Å². The Balaban J connectivity index is 1.93. The average Bonchev–Trinajstić information content (AvgIpc) is 2.94. The van der Waals surface area contributed by atoms with E-state index in [1.165, 1.54) is 12.8 Å². The van der Waals surface area contributed by atoms with E-state index >= 15 is 0 Å². The van der Waals surface area contributed by atoms with Crippen molar-refractivity contribution in [3.8, 4) is 0 Å². The maximum absolute atomic E-state index is 12.0. The standard InChI is InChI=1S/C16H22N2O2/c1-3-5-6-12(4-2)10-20-16(19)13-7-8-14-15(9-13)18-11-17-14/h7-9,11-12H,3-6,10H2,1-2H3,(H,17,18). The van der Waals surface area contributed by atoms with Gasteiger partial charge in [-0.2, -0.15) is 0 Å². The van der Waals surface area contributed by atoms with Crippen LogP contribution in [0.4, 0.5) is 0 Å². The summed E-state index contributed by atoms with van der Waals surface area (Å²) in [4.78, 5) is 19.2. The molecule has 2 rings (SSSR count). The molecule has 20 heavy (non-hydrogen) atoms. The Kier molecular flexibility index (Phi) is 5.16. The van der Waals surface area contributed by atoms with Crippen molar-refractivity contribution in [2.24, 2.45) is 5.92 Å². The summed E-state index contributed by atoms with van der Waals surface area (Å²) >= 11 is 0. The highest BCUT2D eigenvalue weighted by atomic mass is 16.5. The zero-order valence-corrected chi connectivity index (χ0v) is 12.2. The molecule has 0 saturated carbocycles. The number of hydrogen-bond donors (Lipinski definition) is 1. The number of benzene rings is 1. The first kappa shape index (κ1) is 14.6. The highest BCUT2D eigenvalue weighted by Crippen LogP contribution is 2.16. The van der Waals surface area contributed by atoms with Gasteiger partial charge < -0.3 is 9.72 Å². The lowest BCUT2D eigenvalue weighted by atomic mass is 10.0. The normalized spacial score (nSPS) is 12.5. The van der Waals surface area contributed by atoms with Gasteiger partial charge in [0.05, 0.1) is 29.5 Å². The number of aromatic amines is 1. The number of ether oxygens (including phenoxy) is 1. The van der Waals surface area contributed by atoms with Crippen LogP contribution in [0.1, 0.15) is 49.9 Å². The second-order valence-corrected chi connectivity index (χ2v) is 5.15. The molecule has 0 aliphatic rings. The van der Waals surface area contributed by atoms with E-state index in [1.807, 2.05) is 6.07 Å². The topological polar surface area (TPSA) is 55.0 Å². The summed E-state index contributed by atoms with van der Waals surface area (Å²) in [5.74, 6) is 0.214. The van der Waals surface area contributed by atoms with Gasteiger partial charge in [-0.15, -0.1) is 0 Å². The molecule has 0 fully saturated rings. The number of hydrogen-bond acceptors (Lipinski definition) is 3. The number of carbonyl (C=O) groups is 1. The Morgan fingerprint density at radius 1 is 1.40 bits per heavy atom. The first-order valence-corrected chi connectivity index (χ1v) is 7.34. The Labute approximate surface area is 119 Å². The van der Waals surface area contributed by atoms with Crippen LogP contribution < -0.4 is 0 Å². The summed E-state index contributed by atoms with van der Waals surface area (Å²) in [5.41, 5.74) is 2.29. The summed E-state index contributed by atoms with van der Waals surface area (Å²) in [6.07, 6.45) is 6.17. The summed E-state index contributed by atoms with van der Waals surface area (Å²) in [7, 11) is 0. The van der Waals surface area contributed by atoms with Crippen molar-refractivity contribution >= 4 is 17.0 Å². The van der Waals surface area contributed by atoms with E-state index in [-0.39, 0.29) is 5.97 Å². The van der Waals surface area contributed by atoms with Crippen LogP contribution in [0.25, 0.3) is 11.0 Å². The molecule has 2 aromatic rings. The van der Waals surface area contributed by atoms with Crippen molar-refractivity contribution < 1.29 is 9.53 Å². The molecule has 0 amide bonds. The summed E-state index contributed by atoms with van der Waals surface area (Å²) in [5, 5.41) is 0. The van der Waals surface area contributed by atoms with Crippen molar-refractivity contribution in [1.29, 1.82) is 0 Å². The number of nitrogens with one attached hydrogen (secondary N) is 1. The molecular weight excluding hydrogens is 252 g/mol. The molecule has 0 saturated heterocycles. The largest absolute Gasteiger partial charge is 0.462 e. The third kappa shape index (κ3) is 3.59. The van der Waals surface area contributed by atoms with E-state index in [0.717, 1.165) is 23.9 Å². The number of rotatable bonds is 7. The first-order valence-electron chi connectivity index (χ1n) is 7.34. The Hall–Kier alpha value is -1.84. The molecule has 4 heteroatoms. The quantitative estimate of drug-likeness (QED) is 0.778. The minimum absolute atomic E-state index is 0.253. The molecule has 0 spiro atoms. The maximum Gasteiger partial charge on any atom is 0.338 e. The third-order valence-electron chi connectivity index (χ3n) is 3.65. The minimum Gasteiger partial charge on any atom is -0.462 e. The van der Waals surface area contributed by atoms with Gasteiger partial charge in [0.1, 0.15) is 0 Å². The smallest absolute Gasteiger partial charge is 0.338 e. The summed E-state index contributed by atoms with van der Waals surface area (Å²) in [6.45, 7) is 4.83. The molecule has 1 unspecified atom stereocenters. The first-order chi connectivity index (χ1) is 9.74. The lowest BCUT2D eigenvalue weighted by molar-refractivity contribution is 0.0428. The highest BCUT2D eigenvalue weighted by Gasteiger charge is 2.12. The molecular formula is C16H22N2O2. The van der Waals surface area contributed by atoms with Crippen LogP contribution in [-0.2, 0) is 4.74 Å². The second-order valence-electron chi connectivity index (χ2n) is 5.15. The molecule has 1 aromatic carbocycles. The Morgan fingerprint density at radius 3 is 3.00 bits per heavy atom. The van der Waals surface area contributed by atoms with Crippen LogP contribution >= 0.6 is 0 Å². The number of aromatic nitrogens is 2. The van der Waals surface area contributed by atoms with Crippen LogP contribution in [0.5, 0.6) is 0 Å². The predicted octanol–water partition coefficient (Wildman–Crippen LogP) is 3.94. The van der Waals surface area contributed by atoms with Crippen molar-refractivity contribution in [1.82, 2.24) is 9.97 Å². The van der Waals surface area contributed by atoms with E-state index in [2.05, 4.69) is 23.8 Å². The number of unbranched alkanes of at least 4 members (excludes halogenated alkanes) is 1. The van der Waals surface area contributed by atoms with Crippen LogP contribution in [0.3, 0.4) is 0 Å². The number of nitrogens with zero attached hydrogens (tertiary/aromatic N) is 1. The van der Waals surface area contributed by atoms with Crippen molar-refractivity contribution in [2.45, 2.75) is 39.5 Å². The zero-order valence-electron chi connectivity index (χ0n) is 12.2. The van der Waals surface area contributed by atoms with Crippen LogP contribution in [0.15, 0.2) is 24.5 Å². The van der Waals surface area contributed by atoms with Gasteiger partial charge in [-0.05, 0) is 30.5 Å². The fourth-order valence-electron chi connectivity index (χ4n) is 2.24. The third-order valence-corrected chi connectivity index (χ3v) is 3.65. The number of fused-ring (bicyclic) bond motifs is 1. The fraction of sp³-hybridized carbons (Fsp3) is 0.500. The molecule has 1 heterocycles. The van der Waals surface area contributed by atoms with Gasteiger partial charge in [0.15, 0.2) is 0 Å². The van der Waals surface area contributed by atoms with Gasteiger partial charge in [-0.1, -0.05) is 33.1 Å². The Bertz CT molecular complexity index is 562. The molecule has 1 atom stereocenters. The maximum atomic E-state index is 12.0. The summed E-state index contributed by atoms with van der Waals surface area (Å²) in [6, 6.07) is 5.38. The van der Waals surface area contributed by atoms with Gasteiger partial charge >= 0.3 is 5.97 Å². The molecule has 108 valence electrons. The van der Waals surface area contributed by atoms with Crippen LogP contribution in [-0.4, -0.2) is 22.5 Å². The predicted molar refractivity (Wildman–Crippen MR) is 79.7 cm³/mol. The lowest BCUT2D eigenvalue weighted by Gasteiger charge is -2.14. The molecule has 0 bridgehead atoms. The molecule has 4 nitrogen and oxygen atoms in total. The molecule has 1 aromatic heterocycles. The van der Waals surface area contributed by atoms with E-state index < -0.39 is 0 Å². The van der Waals surface area contributed by atoms with E-state index in [1.54, 1.807) is 18.5 Å². The Morgan fingerprint density at radius 2 is 2.25 bits per heavy atom. The number of esters is 1. The van der Waals surface area contributed by atoms with Gasteiger partial charge in [0.25, 0.3) is 0 Å². The van der Waals surface area contributed by atoms with E-state index in [9.17, 15) is 4.79 Å². The SMILES string of the molecule is CCCCC(CC)COC(=O)c1ccc2nc[nH]c2c1. The van der Waals surface area contributed by atoms with Gasteiger partial charge in [-0.3, -0.25) is 0 Å². The minimum atomic E-state index is -0.253. The van der Waals surface area contributed by atoms with Gasteiger partial charge in [0.2, 0.25) is 0 Å². The molecule has 0 aliphatic heterocycles. The van der Waals surface area contributed by atoms with E-state index in [0.29, 0.717) is 18.1 Å². The second kappa shape index (κ2) is 7.08. The van der Waals surface area contributed by atoms with Crippen LogP contribution in [0, 0.1) is 5.92 Å². The lowest BCUT2D eigenvalue weighted by Crippen LogP contribution is -2.14. The molecule has 1 N–H and O–H groups in total. The van der Waals surface area contributed by atoms with Crippen molar-refractivity contribution in [2.75, 3.05) is 6.61 Å². The molecule has 0 aliphatic carbocycles. The monoisotopic (exact) mass is 274 g/mol. The van der Waals surface area contributed by atoms with Crippen LogP contribution in [0.2, 0.25) is 0 Å². The number of H-pyrrole nitrogens is 1.